The largest absolute Gasteiger partial charge is 0.381 e. The molecular weight excluding hydrogens is 216 g/mol. The van der Waals surface area contributed by atoms with E-state index in [0.29, 0.717) is 5.56 Å². The van der Waals surface area contributed by atoms with E-state index in [-0.39, 0.29) is 5.71 Å². The average molecular weight is 224 g/mol. The van der Waals surface area contributed by atoms with Crippen molar-refractivity contribution in [2.75, 3.05) is 7.11 Å². The fourth-order valence-electron chi connectivity index (χ4n) is 0.832. The molecule has 1 rings (SSSR count). The van der Waals surface area contributed by atoms with Gasteiger partial charge in [0.25, 0.3) is 0 Å². The van der Waals surface area contributed by atoms with Gasteiger partial charge in [-0.3, -0.25) is 8.47 Å². The van der Waals surface area contributed by atoms with Crippen LogP contribution in [0.3, 0.4) is 0 Å². The van der Waals surface area contributed by atoms with Gasteiger partial charge in [-0.2, -0.15) is 9.47 Å². The molecule has 0 aliphatic carbocycles. The van der Waals surface area contributed by atoms with Gasteiger partial charge in [-0.25, -0.2) is 0 Å². The van der Waals surface area contributed by atoms with Crippen LogP contribution < -0.4 is 0 Å². The highest BCUT2D eigenvalue weighted by Gasteiger charge is 2.03. The highest BCUT2D eigenvalue weighted by atomic mass is 32.2. The molecule has 0 N–H and O–H groups in total. The molecule has 1 aromatic rings. The third kappa shape index (κ3) is 3.50. The summed E-state index contributed by atoms with van der Waals surface area (Å²) in [5, 5.41) is 12.2. The molecular formula is C9H8N2O3S. The Kier molecular flexibility index (Phi) is 4.47. The van der Waals surface area contributed by atoms with E-state index >= 15 is 0 Å². The van der Waals surface area contributed by atoms with Gasteiger partial charge in [0.1, 0.15) is 6.07 Å². The summed E-state index contributed by atoms with van der Waals surface area (Å²) in [4.78, 5) is 0. The number of rotatable bonds is 4. The summed E-state index contributed by atoms with van der Waals surface area (Å²) in [5.74, 6) is 0. The second-order valence-corrected chi connectivity index (χ2v) is 3.25. The fraction of sp³-hybridized carbons (Fsp3) is 0.111. The molecule has 0 fully saturated rings. The quantitative estimate of drug-likeness (QED) is 0.568. The standard InChI is InChI=1S/C9H8N2O3S/c1-13-15(12)14-11-9(7-10)8-5-3-2-4-6-8/h2-6H,1H3/b11-9+. The molecule has 0 spiro atoms. The lowest BCUT2D eigenvalue weighted by molar-refractivity contribution is 0.296. The van der Waals surface area contributed by atoms with Crippen molar-refractivity contribution < 1.29 is 12.7 Å². The molecule has 0 aromatic heterocycles. The third-order valence-corrected chi connectivity index (χ3v) is 1.95. The minimum absolute atomic E-state index is 0.0426. The molecule has 0 aliphatic rings. The van der Waals surface area contributed by atoms with E-state index in [0.717, 1.165) is 0 Å². The van der Waals surface area contributed by atoms with E-state index < -0.39 is 11.4 Å². The topological polar surface area (TPSA) is 71.7 Å². The van der Waals surface area contributed by atoms with Gasteiger partial charge in [0.15, 0.2) is 5.71 Å². The lowest BCUT2D eigenvalue weighted by Crippen LogP contribution is -2.00. The Balaban J connectivity index is 2.82. The predicted octanol–water partition coefficient (Wildman–Crippen LogP) is 1.16. The zero-order valence-corrected chi connectivity index (χ0v) is 8.73. The molecule has 0 radical (unpaired) electrons. The van der Waals surface area contributed by atoms with E-state index in [1.54, 1.807) is 24.3 Å². The van der Waals surface area contributed by atoms with Crippen molar-refractivity contribution in [3.8, 4) is 6.07 Å². The summed E-state index contributed by atoms with van der Waals surface area (Å²) in [6.45, 7) is 0. The molecule has 0 aliphatic heterocycles. The molecule has 1 atom stereocenters. The van der Waals surface area contributed by atoms with Crippen molar-refractivity contribution in [3.05, 3.63) is 35.9 Å². The maximum absolute atomic E-state index is 10.7. The van der Waals surface area contributed by atoms with Crippen LogP contribution in [0.4, 0.5) is 0 Å². The SMILES string of the molecule is COS(=O)O/N=C(\C#N)c1ccccc1. The predicted molar refractivity (Wildman–Crippen MR) is 54.8 cm³/mol. The van der Waals surface area contributed by atoms with E-state index in [4.69, 9.17) is 5.26 Å². The van der Waals surface area contributed by atoms with Crippen molar-refractivity contribution in [2.45, 2.75) is 0 Å². The lowest BCUT2D eigenvalue weighted by Gasteiger charge is -1.96. The van der Waals surface area contributed by atoms with Gasteiger partial charge in [-0.05, 0) is 0 Å². The van der Waals surface area contributed by atoms with Gasteiger partial charge >= 0.3 is 11.4 Å². The van der Waals surface area contributed by atoms with Crippen LogP contribution in [0.1, 0.15) is 5.56 Å². The van der Waals surface area contributed by atoms with Crippen LogP contribution in [0.15, 0.2) is 35.5 Å². The molecule has 6 heteroatoms. The minimum Gasteiger partial charge on any atom is -0.264 e. The van der Waals surface area contributed by atoms with E-state index in [2.05, 4.69) is 13.6 Å². The summed E-state index contributed by atoms with van der Waals surface area (Å²) in [6.07, 6.45) is 0. The Hall–Kier alpha value is -1.71. The molecule has 0 saturated heterocycles. The monoisotopic (exact) mass is 224 g/mol. The molecule has 0 amide bonds. The summed E-state index contributed by atoms with van der Waals surface area (Å²) < 4.78 is 19.4. The Bertz CT molecular complexity index is 411. The second-order valence-electron chi connectivity index (χ2n) is 2.36. The van der Waals surface area contributed by atoms with Gasteiger partial charge in [0, 0.05) is 5.56 Å². The first kappa shape index (κ1) is 11.4. The van der Waals surface area contributed by atoms with Gasteiger partial charge in [0.05, 0.1) is 7.11 Å². The highest BCUT2D eigenvalue weighted by molar-refractivity contribution is 7.75. The number of hydrogen-bond acceptors (Lipinski definition) is 5. The molecule has 1 aromatic carbocycles. The normalized spacial score (nSPS) is 12.9. The summed E-state index contributed by atoms with van der Waals surface area (Å²) in [5.41, 5.74) is 0.633. The maximum Gasteiger partial charge on any atom is 0.381 e. The average Bonchev–Trinajstić information content (AvgIpc) is 2.31. The molecule has 78 valence electrons. The smallest absolute Gasteiger partial charge is 0.264 e. The van der Waals surface area contributed by atoms with Crippen LogP contribution in [-0.2, 0) is 19.8 Å². The van der Waals surface area contributed by atoms with Gasteiger partial charge in [0.2, 0.25) is 0 Å². The maximum atomic E-state index is 10.7. The van der Waals surface area contributed by atoms with Gasteiger partial charge < -0.3 is 0 Å². The van der Waals surface area contributed by atoms with Crippen LogP contribution in [0.2, 0.25) is 0 Å². The number of nitrogens with zero attached hydrogens (tertiary/aromatic N) is 2. The Morgan fingerprint density at radius 2 is 2.13 bits per heavy atom. The first-order chi connectivity index (χ1) is 7.27. The van der Waals surface area contributed by atoms with E-state index in [9.17, 15) is 4.21 Å². The van der Waals surface area contributed by atoms with Crippen molar-refractivity contribution in [1.29, 1.82) is 5.26 Å². The number of nitriles is 1. The van der Waals surface area contributed by atoms with Gasteiger partial charge in [-0.1, -0.05) is 35.5 Å². The number of oxime groups is 1. The molecule has 0 saturated carbocycles. The van der Waals surface area contributed by atoms with Gasteiger partial charge in [-0.15, -0.1) is 0 Å². The van der Waals surface area contributed by atoms with E-state index in [1.165, 1.54) is 7.11 Å². The molecule has 0 bridgehead atoms. The van der Waals surface area contributed by atoms with Crippen LogP contribution in [0.5, 0.6) is 0 Å². The molecule has 0 heterocycles. The zero-order chi connectivity index (χ0) is 11.1. The first-order valence-corrected chi connectivity index (χ1v) is 4.95. The molecule has 1 unspecified atom stereocenters. The van der Waals surface area contributed by atoms with Crippen LogP contribution >= 0.6 is 0 Å². The summed E-state index contributed by atoms with van der Waals surface area (Å²) in [6, 6.07) is 10.6. The van der Waals surface area contributed by atoms with Crippen molar-refractivity contribution >= 4 is 17.1 Å². The van der Waals surface area contributed by atoms with Crippen LogP contribution in [0.25, 0.3) is 0 Å². The Labute approximate surface area is 89.8 Å². The van der Waals surface area contributed by atoms with Crippen molar-refractivity contribution in [2.24, 2.45) is 5.16 Å². The van der Waals surface area contributed by atoms with Crippen LogP contribution in [0, 0.1) is 11.3 Å². The number of benzene rings is 1. The van der Waals surface area contributed by atoms with Crippen molar-refractivity contribution in [3.63, 3.8) is 0 Å². The Morgan fingerprint density at radius 3 is 2.67 bits per heavy atom. The minimum atomic E-state index is -1.96. The first-order valence-electron chi connectivity index (χ1n) is 3.95. The summed E-state index contributed by atoms with van der Waals surface area (Å²) in [7, 11) is 1.21. The highest BCUT2D eigenvalue weighted by Crippen LogP contribution is 2.01. The number of hydrogen-bond donors (Lipinski definition) is 0. The third-order valence-electron chi connectivity index (χ3n) is 1.48. The lowest BCUT2D eigenvalue weighted by atomic mass is 10.1. The molecule has 5 nitrogen and oxygen atoms in total. The Morgan fingerprint density at radius 1 is 1.47 bits per heavy atom. The van der Waals surface area contributed by atoms with Crippen LogP contribution in [-0.4, -0.2) is 17.0 Å². The zero-order valence-electron chi connectivity index (χ0n) is 7.91. The van der Waals surface area contributed by atoms with E-state index in [1.807, 2.05) is 12.1 Å². The second kappa shape index (κ2) is 5.90. The molecule has 15 heavy (non-hydrogen) atoms. The fourth-order valence-corrected chi connectivity index (χ4v) is 1.03. The summed E-state index contributed by atoms with van der Waals surface area (Å²) >= 11 is -1.96. The van der Waals surface area contributed by atoms with Crippen molar-refractivity contribution in [1.82, 2.24) is 0 Å².